The molecule has 1 aliphatic heterocycles. The number of aromatic amines is 1. The third-order valence-corrected chi connectivity index (χ3v) is 3.06. The lowest BCUT2D eigenvalue weighted by molar-refractivity contribution is 0.0238. The number of amides is 1. The molecule has 21 heavy (non-hydrogen) atoms. The van der Waals surface area contributed by atoms with Crippen LogP contribution in [0.1, 0.15) is 26.5 Å². The van der Waals surface area contributed by atoms with Gasteiger partial charge in [0, 0.05) is 37.6 Å². The fourth-order valence-electron chi connectivity index (χ4n) is 2.06. The molecule has 1 aliphatic rings. The van der Waals surface area contributed by atoms with Crippen LogP contribution in [-0.2, 0) is 16.0 Å². The van der Waals surface area contributed by atoms with Gasteiger partial charge >= 0.3 is 6.09 Å². The molecule has 2 heterocycles. The number of carbonyl (C=O) groups is 1. The normalized spacial score (nSPS) is 20.1. The summed E-state index contributed by atoms with van der Waals surface area (Å²) < 4.78 is 11.0. The average molecular weight is 296 g/mol. The second-order valence-electron chi connectivity index (χ2n) is 6.16. The van der Waals surface area contributed by atoms with Crippen LogP contribution in [0.5, 0.6) is 0 Å². The van der Waals surface area contributed by atoms with Crippen LogP contribution >= 0.6 is 0 Å². The van der Waals surface area contributed by atoms with Gasteiger partial charge in [0.2, 0.25) is 0 Å². The zero-order valence-electron chi connectivity index (χ0n) is 12.9. The number of ether oxygens (including phenoxy) is 2. The third kappa shape index (κ3) is 5.35. The first-order valence-electron chi connectivity index (χ1n) is 7.21. The van der Waals surface area contributed by atoms with Gasteiger partial charge in [-0.05, 0) is 26.8 Å². The van der Waals surface area contributed by atoms with E-state index in [4.69, 9.17) is 9.47 Å². The van der Waals surface area contributed by atoms with Crippen molar-refractivity contribution in [3.05, 3.63) is 18.0 Å². The highest BCUT2D eigenvalue weighted by Gasteiger charge is 2.26. The topological polar surface area (TPSA) is 79.5 Å². The van der Waals surface area contributed by atoms with E-state index in [1.54, 1.807) is 11.1 Å². The van der Waals surface area contributed by atoms with Gasteiger partial charge in [-0.2, -0.15) is 5.10 Å². The van der Waals surface area contributed by atoms with E-state index in [-0.39, 0.29) is 12.1 Å². The first-order chi connectivity index (χ1) is 9.94. The Morgan fingerprint density at radius 1 is 1.62 bits per heavy atom. The lowest BCUT2D eigenvalue weighted by Gasteiger charge is -2.28. The third-order valence-electron chi connectivity index (χ3n) is 3.06. The van der Waals surface area contributed by atoms with Crippen LogP contribution in [0.2, 0.25) is 0 Å². The minimum absolute atomic E-state index is 0.0725. The second kappa shape index (κ2) is 6.91. The van der Waals surface area contributed by atoms with Gasteiger partial charge in [-0.25, -0.2) is 4.79 Å². The number of nitrogens with zero attached hydrogens (tertiary/aromatic N) is 2. The zero-order chi connectivity index (χ0) is 15.3. The molecule has 0 radical (unpaired) electrons. The summed E-state index contributed by atoms with van der Waals surface area (Å²) in [5.41, 5.74) is 0.520. The summed E-state index contributed by atoms with van der Waals surface area (Å²) in [6.45, 7) is 8.50. The Labute approximate surface area is 125 Å². The number of carbonyl (C=O) groups excluding carboxylic acids is 1. The van der Waals surface area contributed by atoms with Crippen molar-refractivity contribution in [2.24, 2.45) is 0 Å². The van der Waals surface area contributed by atoms with E-state index in [9.17, 15) is 4.79 Å². The minimum Gasteiger partial charge on any atom is -0.444 e. The predicted molar refractivity (Wildman–Crippen MR) is 77.8 cm³/mol. The highest BCUT2D eigenvalue weighted by Crippen LogP contribution is 2.11. The maximum atomic E-state index is 12.1. The number of H-pyrrole nitrogens is 1. The average Bonchev–Trinajstić information content (AvgIpc) is 2.78. The van der Waals surface area contributed by atoms with Crippen LogP contribution in [0, 0.1) is 0 Å². The number of hydrogen-bond donors (Lipinski definition) is 2. The molecule has 0 aromatic carbocycles. The van der Waals surface area contributed by atoms with Gasteiger partial charge in [0.25, 0.3) is 0 Å². The summed E-state index contributed by atoms with van der Waals surface area (Å²) in [6.07, 6.45) is 1.43. The molecule has 7 heteroatoms. The van der Waals surface area contributed by atoms with E-state index < -0.39 is 5.60 Å². The van der Waals surface area contributed by atoms with Gasteiger partial charge in [-0.3, -0.25) is 5.10 Å². The second-order valence-corrected chi connectivity index (χ2v) is 6.16. The Morgan fingerprint density at radius 3 is 3.10 bits per heavy atom. The molecule has 118 valence electrons. The Morgan fingerprint density at radius 2 is 2.43 bits per heavy atom. The van der Waals surface area contributed by atoms with Crippen molar-refractivity contribution < 1.29 is 14.3 Å². The Kier molecular flexibility index (Phi) is 5.19. The highest BCUT2D eigenvalue weighted by atomic mass is 16.6. The molecule has 1 aromatic rings. The molecule has 1 fully saturated rings. The Hall–Kier alpha value is -1.60. The summed E-state index contributed by atoms with van der Waals surface area (Å²) in [5, 5.41) is 10.2. The SMILES string of the molecule is CC(C)(C)OC(=O)N1CCOCC(NCc2ccn[nH]2)C1. The summed E-state index contributed by atoms with van der Waals surface area (Å²) in [5.74, 6) is 0. The number of aromatic nitrogens is 2. The lowest BCUT2D eigenvalue weighted by Crippen LogP contribution is -2.45. The maximum Gasteiger partial charge on any atom is 0.410 e. The van der Waals surface area contributed by atoms with Crippen molar-refractivity contribution in [2.45, 2.75) is 39.0 Å². The number of rotatable bonds is 3. The largest absolute Gasteiger partial charge is 0.444 e. The molecule has 2 rings (SSSR count). The van der Waals surface area contributed by atoms with E-state index in [1.165, 1.54) is 0 Å². The maximum absolute atomic E-state index is 12.1. The monoisotopic (exact) mass is 296 g/mol. The molecule has 0 saturated carbocycles. The molecular formula is C14H24N4O3. The van der Waals surface area contributed by atoms with E-state index in [1.807, 2.05) is 26.8 Å². The molecule has 0 bridgehead atoms. The number of nitrogens with one attached hydrogen (secondary N) is 2. The van der Waals surface area contributed by atoms with Crippen molar-refractivity contribution >= 4 is 6.09 Å². The minimum atomic E-state index is -0.483. The van der Waals surface area contributed by atoms with E-state index in [0.717, 1.165) is 5.69 Å². The van der Waals surface area contributed by atoms with Crippen molar-refractivity contribution in [1.29, 1.82) is 0 Å². The van der Waals surface area contributed by atoms with Gasteiger partial charge in [0.15, 0.2) is 0 Å². The molecule has 1 amide bonds. The van der Waals surface area contributed by atoms with Crippen LogP contribution in [-0.4, -0.2) is 59.1 Å². The van der Waals surface area contributed by atoms with Gasteiger partial charge in [0.1, 0.15) is 5.60 Å². The van der Waals surface area contributed by atoms with Crippen LogP contribution in [0.4, 0.5) is 4.79 Å². The van der Waals surface area contributed by atoms with Crippen molar-refractivity contribution in [2.75, 3.05) is 26.3 Å². The van der Waals surface area contributed by atoms with Crippen LogP contribution in [0.25, 0.3) is 0 Å². The lowest BCUT2D eigenvalue weighted by atomic mass is 10.2. The first-order valence-corrected chi connectivity index (χ1v) is 7.21. The Balaban J connectivity index is 1.87. The molecule has 7 nitrogen and oxygen atoms in total. The van der Waals surface area contributed by atoms with E-state index in [2.05, 4.69) is 15.5 Å². The smallest absolute Gasteiger partial charge is 0.410 e. The Bertz CT molecular complexity index is 442. The molecular weight excluding hydrogens is 272 g/mol. The quantitative estimate of drug-likeness (QED) is 0.874. The molecule has 1 atom stereocenters. The van der Waals surface area contributed by atoms with Gasteiger partial charge in [-0.15, -0.1) is 0 Å². The molecule has 0 spiro atoms. The summed E-state index contributed by atoms with van der Waals surface area (Å²) in [6, 6.07) is 1.99. The van der Waals surface area contributed by atoms with Crippen LogP contribution < -0.4 is 5.32 Å². The van der Waals surface area contributed by atoms with Crippen molar-refractivity contribution in [3.63, 3.8) is 0 Å². The molecule has 1 aromatic heterocycles. The molecule has 2 N–H and O–H groups in total. The van der Waals surface area contributed by atoms with E-state index >= 15 is 0 Å². The van der Waals surface area contributed by atoms with Crippen molar-refractivity contribution in [1.82, 2.24) is 20.4 Å². The fourth-order valence-corrected chi connectivity index (χ4v) is 2.06. The predicted octanol–water partition coefficient (Wildman–Crippen LogP) is 1.14. The van der Waals surface area contributed by atoms with Crippen molar-refractivity contribution in [3.8, 4) is 0 Å². The van der Waals surface area contributed by atoms with Gasteiger partial charge in [-0.1, -0.05) is 0 Å². The summed E-state index contributed by atoms with van der Waals surface area (Å²) in [7, 11) is 0. The standard InChI is InChI=1S/C14H24N4O3/c1-14(2,3)21-13(19)18-6-7-20-10-12(9-18)15-8-11-4-5-16-17-11/h4-5,12,15H,6-10H2,1-3H3,(H,16,17). The summed E-state index contributed by atoms with van der Waals surface area (Å²) in [4.78, 5) is 13.8. The first kappa shape index (κ1) is 15.8. The molecule has 1 saturated heterocycles. The highest BCUT2D eigenvalue weighted by molar-refractivity contribution is 5.68. The molecule has 0 aliphatic carbocycles. The summed E-state index contributed by atoms with van der Waals surface area (Å²) >= 11 is 0. The van der Waals surface area contributed by atoms with Crippen LogP contribution in [0.15, 0.2) is 12.3 Å². The number of hydrogen-bond acceptors (Lipinski definition) is 5. The van der Waals surface area contributed by atoms with E-state index in [0.29, 0.717) is 32.8 Å². The van der Waals surface area contributed by atoms with Gasteiger partial charge in [0.05, 0.1) is 13.2 Å². The fraction of sp³-hybridized carbons (Fsp3) is 0.714. The molecule has 1 unspecified atom stereocenters. The van der Waals surface area contributed by atoms with Crippen LogP contribution in [0.3, 0.4) is 0 Å². The van der Waals surface area contributed by atoms with Gasteiger partial charge < -0.3 is 19.7 Å². The zero-order valence-corrected chi connectivity index (χ0v) is 12.9.